The van der Waals surface area contributed by atoms with Gasteiger partial charge in [-0.1, -0.05) is 27.5 Å². The molecule has 0 atom stereocenters. The lowest BCUT2D eigenvalue weighted by Crippen LogP contribution is -2.30. The second-order valence-corrected chi connectivity index (χ2v) is 6.81. The Labute approximate surface area is 129 Å². The van der Waals surface area contributed by atoms with Crippen LogP contribution in [0.25, 0.3) is 0 Å². The van der Waals surface area contributed by atoms with Crippen LogP contribution in [0.5, 0.6) is 0 Å². The van der Waals surface area contributed by atoms with Gasteiger partial charge in [-0.15, -0.1) is 0 Å². The summed E-state index contributed by atoms with van der Waals surface area (Å²) in [5.41, 5.74) is 0.976. The molecular formula is C13H14Br2ClNO. The molecule has 1 fully saturated rings. The molecule has 1 aliphatic rings. The Kier molecular flexibility index (Phi) is 4.73. The quantitative estimate of drug-likeness (QED) is 0.736. The average molecular weight is 396 g/mol. The van der Waals surface area contributed by atoms with Crippen molar-refractivity contribution in [3.05, 3.63) is 33.3 Å². The van der Waals surface area contributed by atoms with Crippen LogP contribution in [0.1, 0.15) is 29.6 Å². The molecule has 0 unspecified atom stereocenters. The summed E-state index contributed by atoms with van der Waals surface area (Å²) < 4.78 is 0.749. The third kappa shape index (κ3) is 3.49. The highest BCUT2D eigenvalue weighted by Crippen LogP contribution is 2.48. The Morgan fingerprint density at radius 3 is 2.72 bits per heavy atom. The van der Waals surface area contributed by atoms with E-state index in [1.54, 1.807) is 18.2 Å². The lowest BCUT2D eigenvalue weighted by atomic mass is 10.0. The van der Waals surface area contributed by atoms with E-state index in [0.717, 1.165) is 22.8 Å². The van der Waals surface area contributed by atoms with Crippen molar-refractivity contribution in [2.45, 2.75) is 19.3 Å². The van der Waals surface area contributed by atoms with Crippen molar-refractivity contribution in [3.63, 3.8) is 0 Å². The Morgan fingerprint density at radius 2 is 2.17 bits per heavy atom. The van der Waals surface area contributed by atoms with Gasteiger partial charge < -0.3 is 5.32 Å². The minimum atomic E-state index is -0.0341. The average Bonchev–Trinajstić information content (AvgIpc) is 3.11. The number of nitrogens with one attached hydrogen (secondary N) is 1. The highest BCUT2D eigenvalue weighted by molar-refractivity contribution is 9.10. The summed E-state index contributed by atoms with van der Waals surface area (Å²) in [5.74, 6) is -0.0341. The van der Waals surface area contributed by atoms with Gasteiger partial charge in [0.25, 0.3) is 5.91 Å². The summed E-state index contributed by atoms with van der Waals surface area (Å²) in [6.07, 6.45) is 3.55. The lowest BCUT2D eigenvalue weighted by molar-refractivity contribution is 0.0944. The first-order chi connectivity index (χ1) is 8.56. The van der Waals surface area contributed by atoms with Gasteiger partial charge in [0.15, 0.2) is 0 Å². The number of carbonyl (C=O) groups excluding carboxylic acids is 1. The van der Waals surface area contributed by atoms with Gasteiger partial charge >= 0.3 is 0 Å². The van der Waals surface area contributed by atoms with Crippen LogP contribution in [0.15, 0.2) is 22.7 Å². The number of rotatable bonds is 5. The first-order valence-electron chi connectivity index (χ1n) is 5.86. The van der Waals surface area contributed by atoms with Crippen LogP contribution >= 0.6 is 43.5 Å². The minimum Gasteiger partial charge on any atom is -0.351 e. The van der Waals surface area contributed by atoms with E-state index < -0.39 is 0 Å². The Bertz CT molecular complexity index is 460. The molecular weight excluding hydrogens is 381 g/mol. The molecule has 1 N–H and O–H groups in total. The van der Waals surface area contributed by atoms with E-state index in [0.29, 0.717) is 16.0 Å². The predicted octanol–water partition coefficient (Wildman–Crippen LogP) is 4.40. The molecule has 0 aromatic heterocycles. The predicted molar refractivity (Wildman–Crippen MR) is 81.6 cm³/mol. The van der Waals surface area contributed by atoms with Crippen LogP contribution < -0.4 is 5.32 Å². The fourth-order valence-corrected chi connectivity index (χ4v) is 3.24. The number of halogens is 3. The molecule has 18 heavy (non-hydrogen) atoms. The zero-order valence-electron chi connectivity index (χ0n) is 9.81. The number of amides is 1. The monoisotopic (exact) mass is 393 g/mol. The van der Waals surface area contributed by atoms with Crippen molar-refractivity contribution < 1.29 is 4.79 Å². The molecule has 0 radical (unpaired) electrons. The van der Waals surface area contributed by atoms with E-state index in [1.165, 1.54) is 12.8 Å². The maximum absolute atomic E-state index is 12.0. The molecule has 1 aliphatic carbocycles. The van der Waals surface area contributed by atoms with Crippen molar-refractivity contribution in [1.82, 2.24) is 5.32 Å². The summed E-state index contributed by atoms with van der Waals surface area (Å²) in [6.45, 7) is 0.762. The fourth-order valence-electron chi connectivity index (χ4n) is 1.90. The molecule has 1 saturated carbocycles. The summed E-state index contributed by atoms with van der Waals surface area (Å²) in [7, 11) is 0. The van der Waals surface area contributed by atoms with Gasteiger partial charge in [-0.05, 0) is 58.8 Å². The molecule has 98 valence electrons. The number of benzene rings is 1. The van der Waals surface area contributed by atoms with E-state index in [1.807, 2.05) is 0 Å². The summed E-state index contributed by atoms with van der Waals surface area (Å²) >= 11 is 12.7. The summed E-state index contributed by atoms with van der Waals surface area (Å²) in [4.78, 5) is 12.0. The van der Waals surface area contributed by atoms with Crippen LogP contribution in [0, 0.1) is 5.41 Å². The van der Waals surface area contributed by atoms with Crippen LogP contribution in [-0.2, 0) is 0 Å². The Morgan fingerprint density at radius 1 is 1.44 bits per heavy atom. The third-order valence-electron chi connectivity index (χ3n) is 3.39. The van der Waals surface area contributed by atoms with E-state index >= 15 is 0 Å². The van der Waals surface area contributed by atoms with Crippen molar-refractivity contribution >= 4 is 49.4 Å². The zero-order valence-corrected chi connectivity index (χ0v) is 13.7. The van der Waals surface area contributed by atoms with Crippen LogP contribution in [0.2, 0.25) is 5.02 Å². The lowest BCUT2D eigenvalue weighted by Gasteiger charge is -2.14. The molecule has 1 aromatic carbocycles. The fraction of sp³-hybridized carbons (Fsp3) is 0.462. The number of hydrogen-bond donors (Lipinski definition) is 1. The van der Waals surface area contributed by atoms with Crippen LogP contribution in [-0.4, -0.2) is 17.8 Å². The summed E-state index contributed by atoms with van der Waals surface area (Å²) in [5, 5.41) is 4.62. The van der Waals surface area contributed by atoms with Gasteiger partial charge in [0.2, 0.25) is 0 Å². The molecule has 0 aliphatic heterocycles. The highest BCUT2D eigenvalue weighted by Gasteiger charge is 2.41. The minimum absolute atomic E-state index is 0.0341. The second-order valence-electron chi connectivity index (χ2n) is 4.75. The highest BCUT2D eigenvalue weighted by atomic mass is 79.9. The molecule has 1 aromatic rings. The normalized spacial score (nSPS) is 16.4. The van der Waals surface area contributed by atoms with E-state index in [9.17, 15) is 4.79 Å². The molecule has 0 heterocycles. The van der Waals surface area contributed by atoms with Crippen molar-refractivity contribution in [2.75, 3.05) is 11.9 Å². The second kappa shape index (κ2) is 5.93. The standard InChI is InChI=1S/C13H14Br2ClNO/c14-6-5-13(3-4-13)8-17-12(18)9-1-2-11(16)10(15)7-9/h1-2,7H,3-6,8H2,(H,17,18). The summed E-state index contributed by atoms with van der Waals surface area (Å²) in [6, 6.07) is 5.22. The Hall–Kier alpha value is -0.0600. The number of alkyl halides is 1. The number of carbonyl (C=O) groups is 1. The van der Waals surface area contributed by atoms with Crippen molar-refractivity contribution in [2.24, 2.45) is 5.41 Å². The van der Waals surface area contributed by atoms with Crippen LogP contribution in [0.4, 0.5) is 0 Å². The van der Waals surface area contributed by atoms with Gasteiger partial charge in [-0.2, -0.15) is 0 Å². The molecule has 2 rings (SSSR count). The van der Waals surface area contributed by atoms with Crippen molar-refractivity contribution in [3.8, 4) is 0 Å². The maximum Gasteiger partial charge on any atom is 0.251 e. The molecule has 0 saturated heterocycles. The number of hydrogen-bond acceptors (Lipinski definition) is 1. The topological polar surface area (TPSA) is 29.1 Å². The van der Waals surface area contributed by atoms with Gasteiger partial charge in [0.05, 0.1) is 5.02 Å². The SMILES string of the molecule is O=C(NCC1(CCBr)CC1)c1ccc(Cl)c(Br)c1. The maximum atomic E-state index is 12.0. The zero-order chi connectivity index (χ0) is 13.2. The first kappa shape index (κ1) is 14.4. The van der Waals surface area contributed by atoms with Gasteiger partial charge in [0.1, 0.15) is 0 Å². The molecule has 0 spiro atoms. The largest absolute Gasteiger partial charge is 0.351 e. The van der Waals surface area contributed by atoms with Crippen molar-refractivity contribution in [1.29, 1.82) is 0 Å². The molecule has 0 bridgehead atoms. The van der Waals surface area contributed by atoms with Gasteiger partial charge in [0, 0.05) is 21.9 Å². The molecule has 5 heteroatoms. The Balaban J connectivity index is 1.93. The van der Waals surface area contributed by atoms with Crippen LogP contribution in [0.3, 0.4) is 0 Å². The molecule has 2 nitrogen and oxygen atoms in total. The third-order valence-corrected chi connectivity index (χ3v) is 5.00. The first-order valence-corrected chi connectivity index (χ1v) is 8.15. The molecule has 1 amide bonds. The van der Waals surface area contributed by atoms with E-state index in [2.05, 4.69) is 37.2 Å². The smallest absolute Gasteiger partial charge is 0.251 e. The van der Waals surface area contributed by atoms with E-state index in [-0.39, 0.29) is 5.91 Å². The van der Waals surface area contributed by atoms with Gasteiger partial charge in [-0.3, -0.25) is 4.79 Å². The van der Waals surface area contributed by atoms with Gasteiger partial charge in [-0.25, -0.2) is 0 Å². The van der Waals surface area contributed by atoms with E-state index in [4.69, 9.17) is 11.6 Å².